The van der Waals surface area contributed by atoms with Crippen LogP contribution in [0.25, 0.3) is 0 Å². The minimum absolute atomic E-state index is 0.0316. The summed E-state index contributed by atoms with van der Waals surface area (Å²) in [6.45, 7) is 0.707. The number of benzene rings is 3. The fraction of sp³-hybridized carbons (Fsp3) is 0.174. The second-order valence-corrected chi connectivity index (χ2v) is 6.06. The molecular formula is C23H22O5. The van der Waals surface area contributed by atoms with Crippen molar-refractivity contribution in [3.8, 4) is 17.2 Å². The van der Waals surface area contributed by atoms with Gasteiger partial charge in [0.2, 0.25) is 5.75 Å². The van der Waals surface area contributed by atoms with Gasteiger partial charge in [0.05, 0.1) is 0 Å². The number of carbonyl (C=O) groups excluding carboxylic acids is 1. The van der Waals surface area contributed by atoms with E-state index in [1.165, 1.54) is 7.11 Å². The summed E-state index contributed by atoms with van der Waals surface area (Å²) in [5.74, 6) is 1.25. The highest BCUT2D eigenvalue weighted by molar-refractivity contribution is 5.78. The lowest BCUT2D eigenvalue weighted by Gasteiger charge is -2.17. The first-order valence-electron chi connectivity index (χ1n) is 8.88. The van der Waals surface area contributed by atoms with Crippen molar-refractivity contribution in [2.45, 2.75) is 13.2 Å². The molecule has 0 amide bonds. The van der Waals surface area contributed by atoms with Crippen molar-refractivity contribution in [2.75, 3.05) is 13.9 Å². The Bertz CT molecular complexity index is 814. The van der Waals surface area contributed by atoms with E-state index in [2.05, 4.69) is 0 Å². The Morgan fingerprint density at radius 2 is 1.25 bits per heavy atom. The number of methoxy groups -OCH3 is 1. The van der Waals surface area contributed by atoms with E-state index in [1.54, 1.807) is 12.1 Å². The molecule has 0 spiro atoms. The van der Waals surface area contributed by atoms with Crippen LogP contribution >= 0.6 is 0 Å². The van der Waals surface area contributed by atoms with Crippen molar-refractivity contribution in [1.82, 2.24) is 0 Å². The van der Waals surface area contributed by atoms with Crippen molar-refractivity contribution >= 4 is 6.29 Å². The molecule has 5 heteroatoms. The van der Waals surface area contributed by atoms with Gasteiger partial charge in [0, 0.05) is 12.7 Å². The molecule has 0 unspecified atom stereocenters. The second-order valence-electron chi connectivity index (χ2n) is 6.06. The molecular weight excluding hydrogens is 356 g/mol. The monoisotopic (exact) mass is 378 g/mol. The maximum absolute atomic E-state index is 11.4. The summed E-state index contributed by atoms with van der Waals surface area (Å²) in [6.07, 6.45) is 0.755. The first-order valence-corrected chi connectivity index (χ1v) is 8.88. The van der Waals surface area contributed by atoms with Crippen LogP contribution in [0.15, 0.2) is 72.8 Å². The zero-order chi connectivity index (χ0) is 19.6. The van der Waals surface area contributed by atoms with Crippen LogP contribution in [0, 0.1) is 0 Å². The minimum atomic E-state index is 0.0316. The zero-order valence-electron chi connectivity index (χ0n) is 15.7. The lowest BCUT2D eigenvalue weighted by molar-refractivity contribution is 0.0455. The average molecular weight is 378 g/mol. The Balaban J connectivity index is 1.86. The van der Waals surface area contributed by atoms with E-state index in [1.807, 2.05) is 60.7 Å². The summed E-state index contributed by atoms with van der Waals surface area (Å²) < 4.78 is 22.6. The topological polar surface area (TPSA) is 54.0 Å². The quantitative estimate of drug-likeness (QED) is 0.380. The van der Waals surface area contributed by atoms with Gasteiger partial charge >= 0.3 is 0 Å². The Kier molecular flexibility index (Phi) is 7.04. The molecule has 0 saturated heterocycles. The highest BCUT2D eigenvalue weighted by Gasteiger charge is 2.16. The van der Waals surface area contributed by atoms with Gasteiger partial charge in [-0.05, 0) is 23.3 Å². The minimum Gasteiger partial charge on any atom is -0.485 e. The molecule has 0 radical (unpaired) electrons. The lowest BCUT2D eigenvalue weighted by atomic mass is 10.2. The van der Waals surface area contributed by atoms with Gasteiger partial charge < -0.3 is 18.9 Å². The average Bonchev–Trinajstić information content (AvgIpc) is 2.76. The third kappa shape index (κ3) is 5.34. The first-order chi connectivity index (χ1) is 13.8. The predicted molar refractivity (Wildman–Crippen MR) is 106 cm³/mol. The number of hydrogen-bond acceptors (Lipinski definition) is 5. The van der Waals surface area contributed by atoms with E-state index in [9.17, 15) is 4.79 Å². The lowest BCUT2D eigenvalue weighted by Crippen LogP contribution is -2.06. The maximum atomic E-state index is 11.4. The Morgan fingerprint density at radius 3 is 1.68 bits per heavy atom. The maximum Gasteiger partial charge on any atom is 0.206 e. The summed E-state index contributed by atoms with van der Waals surface area (Å²) in [6, 6.07) is 22.8. The van der Waals surface area contributed by atoms with Crippen LogP contribution in [-0.4, -0.2) is 20.2 Å². The van der Waals surface area contributed by atoms with Gasteiger partial charge in [-0.3, -0.25) is 4.79 Å². The van der Waals surface area contributed by atoms with Crippen molar-refractivity contribution in [3.05, 3.63) is 89.5 Å². The first kappa shape index (κ1) is 19.5. The van der Waals surface area contributed by atoms with E-state index in [0.717, 1.165) is 17.4 Å². The zero-order valence-corrected chi connectivity index (χ0v) is 15.7. The summed E-state index contributed by atoms with van der Waals surface area (Å²) in [7, 11) is 1.54. The fourth-order valence-electron chi connectivity index (χ4n) is 2.61. The number of aldehydes is 1. The van der Waals surface area contributed by atoms with Crippen LogP contribution in [0.1, 0.15) is 21.5 Å². The number of ether oxygens (including phenoxy) is 4. The molecule has 0 atom stereocenters. The highest BCUT2D eigenvalue weighted by Crippen LogP contribution is 2.39. The summed E-state index contributed by atoms with van der Waals surface area (Å²) in [5.41, 5.74) is 2.45. The molecule has 0 aromatic heterocycles. The Labute approximate surface area is 164 Å². The molecule has 0 aliphatic rings. The van der Waals surface area contributed by atoms with Gasteiger partial charge in [-0.15, -0.1) is 0 Å². The number of rotatable bonds is 10. The van der Waals surface area contributed by atoms with Crippen LogP contribution in [-0.2, 0) is 18.0 Å². The van der Waals surface area contributed by atoms with Crippen molar-refractivity contribution in [1.29, 1.82) is 0 Å². The Hall–Kier alpha value is -3.31. The van der Waals surface area contributed by atoms with E-state index in [-0.39, 0.29) is 6.79 Å². The highest BCUT2D eigenvalue weighted by atomic mass is 16.7. The molecule has 0 aliphatic carbocycles. The van der Waals surface area contributed by atoms with Crippen LogP contribution < -0.4 is 14.2 Å². The second kappa shape index (κ2) is 10.1. The summed E-state index contributed by atoms with van der Waals surface area (Å²) in [4.78, 5) is 11.4. The molecule has 0 heterocycles. The van der Waals surface area contributed by atoms with Gasteiger partial charge in [0.15, 0.2) is 18.3 Å². The smallest absolute Gasteiger partial charge is 0.206 e. The van der Waals surface area contributed by atoms with Crippen LogP contribution in [0.3, 0.4) is 0 Å². The molecule has 3 aromatic rings. The van der Waals surface area contributed by atoms with E-state index in [0.29, 0.717) is 36.0 Å². The molecule has 28 heavy (non-hydrogen) atoms. The van der Waals surface area contributed by atoms with Crippen molar-refractivity contribution in [2.24, 2.45) is 0 Å². The molecule has 5 nitrogen and oxygen atoms in total. The third-order valence-electron chi connectivity index (χ3n) is 3.97. The van der Waals surface area contributed by atoms with Crippen LogP contribution in [0.4, 0.5) is 0 Å². The molecule has 0 N–H and O–H groups in total. The summed E-state index contributed by atoms with van der Waals surface area (Å²) in [5, 5.41) is 0. The molecule has 144 valence electrons. The van der Waals surface area contributed by atoms with Crippen molar-refractivity contribution < 1.29 is 23.7 Å². The van der Waals surface area contributed by atoms with Gasteiger partial charge in [0.25, 0.3) is 0 Å². The Morgan fingerprint density at radius 1 is 0.750 bits per heavy atom. The largest absolute Gasteiger partial charge is 0.485 e. The van der Waals surface area contributed by atoms with E-state index in [4.69, 9.17) is 18.9 Å². The van der Waals surface area contributed by atoms with Gasteiger partial charge in [-0.1, -0.05) is 60.7 Å². The predicted octanol–water partition coefficient (Wildman–Crippen LogP) is 4.64. The SMILES string of the molecule is COCOc1c(OCc2ccccc2)cc(C=O)cc1OCc1ccccc1. The van der Waals surface area contributed by atoms with Crippen molar-refractivity contribution in [3.63, 3.8) is 0 Å². The van der Waals surface area contributed by atoms with E-state index >= 15 is 0 Å². The number of hydrogen-bond donors (Lipinski definition) is 0. The van der Waals surface area contributed by atoms with E-state index < -0.39 is 0 Å². The standard InChI is InChI=1S/C23H22O5/c1-25-17-28-23-21(26-15-18-8-4-2-5-9-18)12-20(14-24)13-22(23)27-16-19-10-6-3-7-11-19/h2-14H,15-17H2,1H3. The van der Waals surface area contributed by atoms with Gasteiger partial charge in [0.1, 0.15) is 19.5 Å². The molecule has 3 rings (SSSR count). The normalized spacial score (nSPS) is 10.3. The van der Waals surface area contributed by atoms with Crippen LogP contribution in [0.2, 0.25) is 0 Å². The third-order valence-corrected chi connectivity index (χ3v) is 3.97. The van der Waals surface area contributed by atoms with Gasteiger partial charge in [-0.2, -0.15) is 0 Å². The van der Waals surface area contributed by atoms with Crippen LogP contribution in [0.5, 0.6) is 17.2 Å². The molecule has 0 saturated carbocycles. The molecule has 0 bridgehead atoms. The molecule has 3 aromatic carbocycles. The number of carbonyl (C=O) groups is 1. The van der Waals surface area contributed by atoms with Gasteiger partial charge in [-0.25, -0.2) is 0 Å². The molecule has 0 fully saturated rings. The fourth-order valence-corrected chi connectivity index (χ4v) is 2.61. The molecule has 0 aliphatic heterocycles. The summed E-state index contributed by atoms with van der Waals surface area (Å²) >= 11 is 0.